The number of aryl methyl sites for hydroxylation is 1. The zero-order chi connectivity index (χ0) is 16.9. The minimum Gasteiger partial charge on any atom is -0.468 e. The summed E-state index contributed by atoms with van der Waals surface area (Å²) in [5, 5.41) is 0. The second kappa shape index (κ2) is 7.91. The molecular weight excluding hydrogens is 316 g/mol. The summed E-state index contributed by atoms with van der Waals surface area (Å²) in [6, 6.07) is 15.4. The number of rotatable bonds is 6. The highest BCUT2D eigenvalue weighted by atomic mass is 32.2. The molecule has 1 heterocycles. The molecule has 126 valence electrons. The quantitative estimate of drug-likeness (QED) is 0.509. The van der Waals surface area contributed by atoms with Crippen molar-refractivity contribution in [2.45, 2.75) is 30.1 Å². The van der Waals surface area contributed by atoms with Crippen LogP contribution in [0, 0.1) is 6.92 Å². The Labute approximate surface area is 148 Å². The third kappa shape index (κ3) is 3.68. The standard InChI is InChI=1S/C21H24O2S/c1-4-5-18-19-11-10-17(23-14-22-3)12-21(19)24-13-20(18)16-8-6-15(2)7-9-16/h4,6-12,18,20H,1,5,13-14H2,2-3H3/t18-,20?/m1/s1. The number of hydrogen-bond acceptors (Lipinski definition) is 3. The minimum absolute atomic E-state index is 0.283. The second-order valence-electron chi connectivity index (χ2n) is 6.21. The molecule has 0 spiro atoms. The molecule has 2 aromatic rings. The normalized spacial score (nSPS) is 19.6. The molecule has 24 heavy (non-hydrogen) atoms. The van der Waals surface area contributed by atoms with Gasteiger partial charge in [-0.05, 0) is 42.5 Å². The van der Waals surface area contributed by atoms with Crippen LogP contribution in [0.5, 0.6) is 5.75 Å². The molecule has 0 N–H and O–H groups in total. The Bertz CT molecular complexity index is 693. The first-order chi connectivity index (χ1) is 11.7. The average Bonchev–Trinajstić information content (AvgIpc) is 2.61. The van der Waals surface area contributed by atoms with Crippen LogP contribution in [0.4, 0.5) is 0 Å². The van der Waals surface area contributed by atoms with E-state index in [1.807, 2.05) is 23.9 Å². The predicted octanol–water partition coefficient (Wildman–Crippen LogP) is 5.53. The van der Waals surface area contributed by atoms with Crippen molar-refractivity contribution in [2.24, 2.45) is 0 Å². The Hall–Kier alpha value is -1.71. The summed E-state index contributed by atoms with van der Waals surface area (Å²) < 4.78 is 10.6. The lowest BCUT2D eigenvalue weighted by Crippen LogP contribution is -2.18. The maximum Gasteiger partial charge on any atom is 0.188 e. The van der Waals surface area contributed by atoms with Gasteiger partial charge in [-0.15, -0.1) is 18.3 Å². The fraction of sp³-hybridized carbons (Fsp3) is 0.333. The van der Waals surface area contributed by atoms with Crippen LogP contribution in [-0.2, 0) is 4.74 Å². The molecule has 2 aromatic carbocycles. The highest BCUT2D eigenvalue weighted by Gasteiger charge is 2.30. The molecule has 0 aromatic heterocycles. The molecule has 2 atom stereocenters. The van der Waals surface area contributed by atoms with Gasteiger partial charge in [-0.1, -0.05) is 42.0 Å². The molecule has 1 unspecified atom stereocenters. The summed E-state index contributed by atoms with van der Waals surface area (Å²) in [5.41, 5.74) is 4.13. The SMILES string of the molecule is C=CC[C@@H]1c2ccc(OCOC)cc2SCC1c1ccc(C)cc1. The Morgan fingerprint density at radius 3 is 2.71 bits per heavy atom. The predicted molar refractivity (Wildman–Crippen MR) is 101 cm³/mol. The van der Waals surface area contributed by atoms with Crippen molar-refractivity contribution in [1.82, 2.24) is 0 Å². The van der Waals surface area contributed by atoms with Crippen LogP contribution >= 0.6 is 11.8 Å². The largest absolute Gasteiger partial charge is 0.468 e. The molecule has 1 aliphatic heterocycles. The van der Waals surface area contributed by atoms with Gasteiger partial charge in [0.1, 0.15) is 5.75 Å². The molecule has 0 radical (unpaired) electrons. The second-order valence-corrected chi connectivity index (χ2v) is 7.27. The van der Waals surface area contributed by atoms with Gasteiger partial charge in [0.15, 0.2) is 6.79 Å². The van der Waals surface area contributed by atoms with Gasteiger partial charge in [0.05, 0.1) is 0 Å². The van der Waals surface area contributed by atoms with Crippen molar-refractivity contribution < 1.29 is 9.47 Å². The van der Waals surface area contributed by atoms with Crippen molar-refractivity contribution in [3.05, 3.63) is 71.8 Å². The van der Waals surface area contributed by atoms with Gasteiger partial charge in [0, 0.05) is 23.7 Å². The first-order valence-corrected chi connectivity index (χ1v) is 9.27. The molecule has 0 fully saturated rings. The zero-order valence-electron chi connectivity index (χ0n) is 14.3. The lowest BCUT2D eigenvalue weighted by atomic mass is 9.80. The van der Waals surface area contributed by atoms with E-state index in [1.165, 1.54) is 21.6 Å². The molecule has 0 saturated heterocycles. The van der Waals surface area contributed by atoms with Gasteiger partial charge in [0.2, 0.25) is 0 Å². The number of thioether (sulfide) groups is 1. The van der Waals surface area contributed by atoms with Crippen molar-refractivity contribution in [2.75, 3.05) is 19.7 Å². The lowest BCUT2D eigenvalue weighted by Gasteiger charge is -2.33. The van der Waals surface area contributed by atoms with Gasteiger partial charge in [-0.25, -0.2) is 0 Å². The van der Waals surface area contributed by atoms with Gasteiger partial charge in [-0.2, -0.15) is 0 Å². The number of fused-ring (bicyclic) bond motifs is 1. The molecular formula is C21H24O2S. The molecule has 3 rings (SSSR count). The molecule has 1 aliphatic rings. The fourth-order valence-corrected chi connectivity index (χ4v) is 4.66. The summed E-state index contributed by atoms with van der Waals surface area (Å²) in [5.74, 6) is 2.95. The molecule has 0 bridgehead atoms. The Morgan fingerprint density at radius 1 is 1.21 bits per heavy atom. The first-order valence-electron chi connectivity index (χ1n) is 8.29. The summed E-state index contributed by atoms with van der Waals surface area (Å²) in [6.07, 6.45) is 3.03. The smallest absolute Gasteiger partial charge is 0.188 e. The third-order valence-electron chi connectivity index (χ3n) is 4.56. The summed E-state index contributed by atoms with van der Waals surface area (Å²) in [4.78, 5) is 1.32. The Balaban J connectivity index is 1.90. The molecule has 3 heteroatoms. The molecule has 2 nitrogen and oxygen atoms in total. The number of allylic oxidation sites excluding steroid dienone is 1. The number of benzene rings is 2. The highest BCUT2D eigenvalue weighted by Crippen LogP contribution is 2.48. The fourth-order valence-electron chi connectivity index (χ4n) is 3.29. The summed E-state index contributed by atoms with van der Waals surface area (Å²) in [7, 11) is 1.64. The maximum atomic E-state index is 5.59. The van der Waals surface area contributed by atoms with Crippen LogP contribution in [0.15, 0.2) is 60.0 Å². The van der Waals surface area contributed by atoms with E-state index >= 15 is 0 Å². The summed E-state index contributed by atoms with van der Waals surface area (Å²) in [6.45, 7) is 6.40. The van der Waals surface area contributed by atoms with E-state index in [0.717, 1.165) is 17.9 Å². The van der Waals surface area contributed by atoms with E-state index in [9.17, 15) is 0 Å². The third-order valence-corrected chi connectivity index (χ3v) is 5.75. The first kappa shape index (κ1) is 17.1. The zero-order valence-corrected chi connectivity index (χ0v) is 15.1. The van der Waals surface area contributed by atoms with Gasteiger partial charge in [0.25, 0.3) is 0 Å². The Morgan fingerprint density at radius 2 is 2.00 bits per heavy atom. The Kier molecular flexibility index (Phi) is 5.64. The highest BCUT2D eigenvalue weighted by molar-refractivity contribution is 7.99. The van der Waals surface area contributed by atoms with Crippen LogP contribution in [0.25, 0.3) is 0 Å². The number of methoxy groups -OCH3 is 1. The lowest BCUT2D eigenvalue weighted by molar-refractivity contribution is 0.0509. The van der Waals surface area contributed by atoms with Crippen molar-refractivity contribution in [3.63, 3.8) is 0 Å². The molecule has 0 amide bonds. The van der Waals surface area contributed by atoms with Crippen molar-refractivity contribution in [1.29, 1.82) is 0 Å². The van der Waals surface area contributed by atoms with E-state index < -0.39 is 0 Å². The van der Waals surface area contributed by atoms with Gasteiger partial charge in [-0.3, -0.25) is 0 Å². The number of ether oxygens (including phenoxy) is 2. The minimum atomic E-state index is 0.283. The van der Waals surface area contributed by atoms with E-state index in [1.54, 1.807) is 7.11 Å². The molecule has 0 saturated carbocycles. The van der Waals surface area contributed by atoms with Gasteiger partial charge >= 0.3 is 0 Å². The van der Waals surface area contributed by atoms with E-state index in [4.69, 9.17) is 9.47 Å². The van der Waals surface area contributed by atoms with Crippen molar-refractivity contribution in [3.8, 4) is 5.75 Å². The van der Waals surface area contributed by atoms with E-state index in [-0.39, 0.29) is 6.79 Å². The van der Waals surface area contributed by atoms with Crippen molar-refractivity contribution >= 4 is 11.8 Å². The van der Waals surface area contributed by atoms with Crippen LogP contribution in [0.2, 0.25) is 0 Å². The van der Waals surface area contributed by atoms with E-state index in [2.05, 4.69) is 49.9 Å². The van der Waals surface area contributed by atoms with Crippen LogP contribution < -0.4 is 4.74 Å². The molecule has 0 aliphatic carbocycles. The van der Waals surface area contributed by atoms with Crippen LogP contribution in [-0.4, -0.2) is 19.7 Å². The van der Waals surface area contributed by atoms with Crippen LogP contribution in [0.1, 0.15) is 34.9 Å². The van der Waals surface area contributed by atoms with Crippen LogP contribution in [0.3, 0.4) is 0 Å². The topological polar surface area (TPSA) is 18.5 Å². The average molecular weight is 340 g/mol. The summed E-state index contributed by atoms with van der Waals surface area (Å²) >= 11 is 1.92. The monoisotopic (exact) mass is 340 g/mol. The number of hydrogen-bond donors (Lipinski definition) is 0. The van der Waals surface area contributed by atoms with Gasteiger partial charge < -0.3 is 9.47 Å². The maximum absolute atomic E-state index is 5.59. The van der Waals surface area contributed by atoms with E-state index in [0.29, 0.717) is 11.8 Å².